The monoisotopic (exact) mass is 345 g/mol. The molecule has 2 aromatic rings. The van der Waals surface area contributed by atoms with Crippen molar-refractivity contribution in [3.8, 4) is 0 Å². The van der Waals surface area contributed by atoms with Crippen molar-refractivity contribution in [2.24, 2.45) is 7.05 Å². The molecule has 7 heteroatoms. The Hall–Kier alpha value is -2.28. The summed E-state index contributed by atoms with van der Waals surface area (Å²) in [6.45, 7) is 5.39. The summed E-state index contributed by atoms with van der Waals surface area (Å²) in [6.07, 6.45) is 0.690. The summed E-state index contributed by atoms with van der Waals surface area (Å²) in [7, 11) is 3.82. The molecular formula is C18H24FN5O. The van der Waals surface area contributed by atoms with Gasteiger partial charge < -0.3 is 9.47 Å². The zero-order valence-electron chi connectivity index (χ0n) is 15.2. The number of likely N-dealkylation sites (N-methyl/N-ethyl adjacent to an activating group) is 1. The van der Waals surface area contributed by atoms with E-state index < -0.39 is 0 Å². The molecule has 1 aromatic heterocycles. The lowest BCUT2D eigenvalue weighted by molar-refractivity contribution is -0.134. The molecule has 0 aliphatic carbocycles. The summed E-state index contributed by atoms with van der Waals surface area (Å²) in [4.78, 5) is 16.6. The van der Waals surface area contributed by atoms with Gasteiger partial charge in [-0.1, -0.05) is 6.07 Å². The topological polar surface area (TPSA) is 54.3 Å². The van der Waals surface area contributed by atoms with Crippen LogP contribution in [0.2, 0.25) is 0 Å². The second-order valence-corrected chi connectivity index (χ2v) is 6.75. The van der Waals surface area contributed by atoms with E-state index in [2.05, 4.69) is 10.2 Å². The Kier molecular flexibility index (Phi) is 4.85. The molecule has 1 aliphatic heterocycles. The first-order valence-electron chi connectivity index (χ1n) is 8.48. The van der Waals surface area contributed by atoms with Crippen LogP contribution in [-0.2, 0) is 24.8 Å². The summed E-state index contributed by atoms with van der Waals surface area (Å²) in [6, 6.07) is 4.80. The van der Waals surface area contributed by atoms with Crippen LogP contribution in [0.1, 0.15) is 35.7 Å². The second kappa shape index (κ2) is 6.92. The number of aromatic nitrogens is 3. The average Bonchev–Trinajstić information content (AvgIpc) is 2.86. The van der Waals surface area contributed by atoms with Crippen LogP contribution in [0.4, 0.5) is 4.39 Å². The number of halogens is 1. The summed E-state index contributed by atoms with van der Waals surface area (Å²) in [5, 5.41) is 8.18. The zero-order chi connectivity index (χ0) is 18.1. The van der Waals surface area contributed by atoms with Gasteiger partial charge in [0.15, 0.2) is 0 Å². The van der Waals surface area contributed by atoms with Crippen molar-refractivity contribution in [3.05, 3.63) is 46.8 Å². The van der Waals surface area contributed by atoms with E-state index in [1.807, 2.05) is 42.3 Å². The van der Waals surface area contributed by atoms with Crippen LogP contribution in [0, 0.1) is 12.7 Å². The zero-order valence-corrected chi connectivity index (χ0v) is 15.2. The van der Waals surface area contributed by atoms with E-state index in [1.54, 1.807) is 12.1 Å². The van der Waals surface area contributed by atoms with Crippen LogP contribution in [0.3, 0.4) is 0 Å². The summed E-state index contributed by atoms with van der Waals surface area (Å²) >= 11 is 0. The molecular weight excluding hydrogens is 321 g/mol. The quantitative estimate of drug-likeness (QED) is 0.848. The number of carbonyl (C=O) groups is 1. The molecule has 0 radical (unpaired) electrons. The maximum absolute atomic E-state index is 13.4. The second-order valence-electron chi connectivity index (χ2n) is 6.75. The van der Waals surface area contributed by atoms with E-state index in [9.17, 15) is 9.18 Å². The van der Waals surface area contributed by atoms with Gasteiger partial charge in [0.1, 0.15) is 17.5 Å². The first-order valence-corrected chi connectivity index (χ1v) is 8.48. The first-order chi connectivity index (χ1) is 11.9. The number of rotatable bonds is 4. The predicted molar refractivity (Wildman–Crippen MR) is 92.3 cm³/mol. The standard InChI is InChI=1S/C18H24FN5O/c1-12-16-6-5-15(19)9-14(16)7-8-24(12)18(25)11-22(3)10-17-21-20-13(2)23(17)4/h5-6,9,12H,7-8,10-11H2,1-4H3/t12-/m1/s1. The van der Waals surface area contributed by atoms with E-state index in [-0.39, 0.29) is 17.8 Å². The molecule has 3 rings (SSSR count). The van der Waals surface area contributed by atoms with E-state index in [0.29, 0.717) is 26.1 Å². The molecule has 1 aliphatic rings. The van der Waals surface area contributed by atoms with E-state index in [0.717, 1.165) is 22.8 Å². The molecule has 25 heavy (non-hydrogen) atoms. The molecule has 0 spiro atoms. The van der Waals surface area contributed by atoms with Crippen molar-refractivity contribution in [2.75, 3.05) is 20.1 Å². The SMILES string of the molecule is Cc1nnc(CN(C)CC(=O)N2CCc3cc(F)ccc3[C@H]2C)n1C. The van der Waals surface area contributed by atoms with Gasteiger partial charge >= 0.3 is 0 Å². The molecule has 134 valence electrons. The number of nitrogens with zero attached hydrogens (tertiary/aromatic N) is 5. The Morgan fingerprint density at radius 2 is 2.16 bits per heavy atom. The Morgan fingerprint density at radius 1 is 1.40 bits per heavy atom. The largest absolute Gasteiger partial charge is 0.334 e. The minimum Gasteiger partial charge on any atom is -0.334 e. The fourth-order valence-electron chi connectivity index (χ4n) is 3.35. The van der Waals surface area contributed by atoms with Gasteiger partial charge in [-0.15, -0.1) is 10.2 Å². The minimum atomic E-state index is -0.218. The van der Waals surface area contributed by atoms with E-state index >= 15 is 0 Å². The molecule has 6 nitrogen and oxygen atoms in total. The third-order valence-corrected chi connectivity index (χ3v) is 4.96. The number of carbonyl (C=O) groups excluding carboxylic acids is 1. The molecule has 0 unspecified atom stereocenters. The van der Waals surface area contributed by atoms with Gasteiger partial charge in [0.25, 0.3) is 0 Å². The smallest absolute Gasteiger partial charge is 0.237 e. The molecule has 0 bridgehead atoms. The number of benzene rings is 1. The van der Waals surface area contributed by atoms with Gasteiger partial charge in [0.05, 0.1) is 19.1 Å². The Bertz CT molecular complexity index is 788. The maximum Gasteiger partial charge on any atom is 0.237 e. The third-order valence-electron chi connectivity index (χ3n) is 4.96. The van der Waals surface area contributed by atoms with Crippen molar-refractivity contribution >= 4 is 5.91 Å². The molecule has 1 atom stereocenters. The Morgan fingerprint density at radius 3 is 2.84 bits per heavy atom. The lowest BCUT2D eigenvalue weighted by atomic mass is 9.93. The third kappa shape index (κ3) is 3.56. The fraction of sp³-hybridized carbons (Fsp3) is 0.500. The normalized spacial score (nSPS) is 17.0. The first kappa shape index (κ1) is 17.5. The molecule has 0 saturated heterocycles. The number of hydrogen-bond acceptors (Lipinski definition) is 4. The van der Waals surface area contributed by atoms with Crippen LogP contribution in [0.5, 0.6) is 0 Å². The van der Waals surface area contributed by atoms with Gasteiger partial charge in [-0.3, -0.25) is 9.69 Å². The molecule has 2 heterocycles. The minimum absolute atomic E-state index is 0.0395. The van der Waals surface area contributed by atoms with Crippen LogP contribution in [0.15, 0.2) is 18.2 Å². The highest BCUT2D eigenvalue weighted by molar-refractivity contribution is 5.79. The molecule has 0 saturated carbocycles. The van der Waals surface area contributed by atoms with Crippen molar-refractivity contribution < 1.29 is 9.18 Å². The lowest BCUT2D eigenvalue weighted by Gasteiger charge is -2.36. The van der Waals surface area contributed by atoms with Crippen LogP contribution >= 0.6 is 0 Å². The van der Waals surface area contributed by atoms with Crippen LogP contribution in [0.25, 0.3) is 0 Å². The predicted octanol–water partition coefficient (Wildman–Crippen LogP) is 1.84. The molecule has 0 fully saturated rings. The summed E-state index contributed by atoms with van der Waals surface area (Å²) in [5.74, 6) is 1.54. The highest BCUT2D eigenvalue weighted by Crippen LogP contribution is 2.29. The lowest BCUT2D eigenvalue weighted by Crippen LogP contribution is -2.43. The Labute approximate surface area is 147 Å². The van der Waals surface area contributed by atoms with Gasteiger partial charge in [-0.25, -0.2) is 4.39 Å². The van der Waals surface area contributed by atoms with E-state index in [1.165, 1.54) is 6.07 Å². The van der Waals surface area contributed by atoms with Gasteiger partial charge in [-0.05, 0) is 50.6 Å². The van der Waals surface area contributed by atoms with Crippen LogP contribution in [-0.4, -0.2) is 50.6 Å². The highest BCUT2D eigenvalue weighted by Gasteiger charge is 2.28. The van der Waals surface area contributed by atoms with Gasteiger partial charge in [0, 0.05) is 13.6 Å². The van der Waals surface area contributed by atoms with Crippen LogP contribution < -0.4 is 0 Å². The van der Waals surface area contributed by atoms with Gasteiger partial charge in [-0.2, -0.15) is 0 Å². The Balaban J connectivity index is 1.65. The van der Waals surface area contributed by atoms with Gasteiger partial charge in [0.2, 0.25) is 5.91 Å². The molecule has 1 amide bonds. The average molecular weight is 345 g/mol. The summed E-state index contributed by atoms with van der Waals surface area (Å²) < 4.78 is 15.3. The molecule has 1 aromatic carbocycles. The maximum atomic E-state index is 13.4. The van der Waals surface area contributed by atoms with E-state index in [4.69, 9.17) is 0 Å². The number of hydrogen-bond donors (Lipinski definition) is 0. The fourth-order valence-corrected chi connectivity index (χ4v) is 3.35. The number of aryl methyl sites for hydroxylation is 1. The van der Waals surface area contributed by atoms with Crippen molar-refractivity contribution in [2.45, 2.75) is 32.9 Å². The molecule has 0 N–H and O–H groups in total. The number of amides is 1. The van der Waals surface area contributed by atoms with Crippen molar-refractivity contribution in [1.29, 1.82) is 0 Å². The van der Waals surface area contributed by atoms with Crippen molar-refractivity contribution in [3.63, 3.8) is 0 Å². The highest BCUT2D eigenvalue weighted by atomic mass is 19.1. The summed E-state index contributed by atoms with van der Waals surface area (Å²) in [5.41, 5.74) is 2.03. The number of fused-ring (bicyclic) bond motifs is 1. The van der Waals surface area contributed by atoms with Crippen molar-refractivity contribution in [1.82, 2.24) is 24.6 Å².